The van der Waals surface area contributed by atoms with Crippen LogP contribution >= 0.6 is 0 Å². The standard InChI is InChI=1S/C7H12O3.C5H8O2/c1-6(7(9)10)4-2-3-5-8;1-3-4(2)5(6)7/h8H,1-5H2,(H,9,10);3H,1-2H3,(H,6,7). The van der Waals surface area contributed by atoms with Gasteiger partial charge in [-0.05, 0) is 33.1 Å². The summed E-state index contributed by atoms with van der Waals surface area (Å²) < 4.78 is 0. The Hall–Kier alpha value is -1.62. The molecular weight excluding hydrogens is 224 g/mol. The van der Waals surface area contributed by atoms with E-state index in [1.165, 1.54) is 0 Å². The summed E-state index contributed by atoms with van der Waals surface area (Å²) in [5.74, 6) is -1.79. The lowest BCUT2D eigenvalue weighted by Crippen LogP contribution is -1.98. The Balaban J connectivity index is 0. The Morgan fingerprint density at radius 2 is 1.71 bits per heavy atom. The molecule has 98 valence electrons. The molecule has 0 heterocycles. The first kappa shape index (κ1) is 17.8. The summed E-state index contributed by atoms with van der Waals surface area (Å²) in [6, 6.07) is 0. The van der Waals surface area contributed by atoms with Gasteiger partial charge in [0.1, 0.15) is 0 Å². The normalized spacial score (nSPS) is 10.2. The van der Waals surface area contributed by atoms with Gasteiger partial charge in [-0.2, -0.15) is 0 Å². The molecule has 0 spiro atoms. The average Bonchev–Trinajstić information content (AvgIpc) is 2.28. The third-order valence-corrected chi connectivity index (χ3v) is 1.96. The van der Waals surface area contributed by atoms with Crippen molar-refractivity contribution in [2.24, 2.45) is 0 Å². The lowest BCUT2D eigenvalue weighted by molar-refractivity contribution is -0.133. The number of aliphatic hydroxyl groups excluding tert-OH is 1. The van der Waals surface area contributed by atoms with Crippen LogP contribution in [0, 0.1) is 0 Å². The molecule has 0 radical (unpaired) electrons. The molecule has 0 aliphatic rings. The molecule has 0 rings (SSSR count). The second-order valence-electron chi connectivity index (χ2n) is 3.37. The number of unbranched alkanes of at least 4 members (excludes halogenated alkanes) is 1. The third-order valence-electron chi connectivity index (χ3n) is 1.96. The molecule has 3 N–H and O–H groups in total. The molecule has 0 bridgehead atoms. The number of hydrogen-bond donors (Lipinski definition) is 3. The van der Waals surface area contributed by atoms with Crippen molar-refractivity contribution in [1.29, 1.82) is 0 Å². The van der Waals surface area contributed by atoms with E-state index in [0.29, 0.717) is 24.8 Å². The minimum absolute atomic E-state index is 0.118. The Labute approximate surface area is 101 Å². The summed E-state index contributed by atoms with van der Waals surface area (Å²) >= 11 is 0. The van der Waals surface area contributed by atoms with Gasteiger partial charge in [0, 0.05) is 17.8 Å². The summed E-state index contributed by atoms with van der Waals surface area (Å²) in [7, 11) is 0. The van der Waals surface area contributed by atoms with Gasteiger partial charge in [0.25, 0.3) is 0 Å². The number of carboxylic acid groups (broad SMARTS) is 2. The van der Waals surface area contributed by atoms with Crippen molar-refractivity contribution in [1.82, 2.24) is 0 Å². The number of aliphatic carboxylic acids is 2. The maximum absolute atomic E-state index is 10.1. The Morgan fingerprint density at radius 3 is 1.94 bits per heavy atom. The number of carboxylic acids is 2. The SMILES string of the molecule is C=C(CCCCO)C(=O)O.CC=C(C)C(=O)O. The van der Waals surface area contributed by atoms with Crippen molar-refractivity contribution in [2.75, 3.05) is 6.61 Å². The zero-order chi connectivity index (χ0) is 13.8. The molecule has 0 fully saturated rings. The molecule has 0 aromatic rings. The summed E-state index contributed by atoms with van der Waals surface area (Å²) in [4.78, 5) is 20.0. The van der Waals surface area contributed by atoms with Gasteiger partial charge in [0.2, 0.25) is 0 Å². The van der Waals surface area contributed by atoms with Crippen LogP contribution in [-0.2, 0) is 9.59 Å². The van der Waals surface area contributed by atoms with E-state index in [-0.39, 0.29) is 12.2 Å². The highest BCUT2D eigenvalue weighted by Gasteiger charge is 2.01. The summed E-state index contributed by atoms with van der Waals surface area (Å²) in [6.07, 6.45) is 3.37. The van der Waals surface area contributed by atoms with E-state index in [1.54, 1.807) is 19.9 Å². The molecule has 0 amide bonds. The van der Waals surface area contributed by atoms with E-state index in [2.05, 4.69) is 6.58 Å². The molecule has 0 saturated heterocycles. The molecule has 0 aliphatic heterocycles. The van der Waals surface area contributed by atoms with E-state index in [1.807, 2.05) is 0 Å². The first-order valence-corrected chi connectivity index (χ1v) is 5.24. The number of carbonyl (C=O) groups is 2. The van der Waals surface area contributed by atoms with Gasteiger partial charge in [-0.3, -0.25) is 0 Å². The molecule has 5 heteroatoms. The lowest BCUT2D eigenvalue weighted by Gasteiger charge is -1.96. The minimum Gasteiger partial charge on any atom is -0.478 e. The molecule has 0 aromatic heterocycles. The fourth-order valence-corrected chi connectivity index (χ4v) is 0.681. The van der Waals surface area contributed by atoms with Crippen molar-refractivity contribution in [3.05, 3.63) is 23.8 Å². The van der Waals surface area contributed by atoms with Gasteiger partial charge in [-0.25, -0.2) is 9.59 Å². The monoisotopic (exact) mass is 244 g/mol. The summed E-state index contributed by atoms with van der Waals surface area (Å²) in [6.45, 7) is 6.72. The van der Waals surface area contributed by atoms with Crippen LogP contribution in [-0.4, -0.2) is 33.9 Å². The zero-order valence-corrected chi connectivity index (χ0v) is 10.3. The molecule has 5 nitrogen and oxygen atoms in total. The number of allylic oxidation sites excluding steroid dienone is 1. The molecule has 0 aromatic carbocycles. The quantitative estimate of drug-likeness (QED) is 0.489. The van der Waals surface area contributed by atoms with E-state index in [9.17, 15) is 9.59 Å². The highest BCUT2D eigenvalue weighted by molar-refractivity contribution is 5.85. The van der Waals surface area contributed by atoms with Crippen LogP contribution in [0.2, 0.25) is 0 Å². The van der Waals surface area contributed by atoms with Gasteiger partial charge in [0.15, 0.2) is 0 Å². The Morgan fingerprint density at radius 1 is 1.18 bits per heavy atom. The predicted molar refractivity (Wildman–Crippen MR) is 64.8 cm³/mol. The number of aliphatic hydroxyl groups is 1. The fourth-order valence-electron chi connectivity index (χ4n) is 0.681. The largest absolute Gasteiger partial charge is 0.478 e. The van der Waals surface area contributed by atoms with Crippen LogP contribution in [0.3, 0.4) is 0 Å². The predicted octanol–water partition coefficient (Wildman–Crippen LogP) is 1.83. The van der Waals surface area contributed by atoms with Gasteiger partial charge >= 0.3 is 11.9 Å². The van der Waals surface area contributed by atoms with Gasteiger partial charge in [-0.15, -0.1) is 0 Å². The maximum atomic E-state index is 10.1. The first-order chi connectivity index (χ1) is 7.86. The van der Waals surface area contributed by atoms with Crippen LogP contribution in [0.15, 0.2) is 23.8 Å². The average molecular weight is 244 g/mol. The van der Waals surface area contributed by atoms with Crippen LogP contribution in [0.1, 0.15) is 33.1 Å². The lowest BCUT2D eigenvalue weighted by atomic mass is 10.1. The zero-order valence-electron chi connectivity index (χ0n) is 10.3. The van der Waals surface area contributed by atoms with Crippen molar-refractivity contribution in [2.45, 2.75) is 33.1 Å². The van der Waals surface area contributed by atoms with Gasteiger partial charge in [0.05, 0.1) is 0 Å². The van der Waals surface area contributed by atoms with E-state index in [4.69, 9.17) is 15.3 Å². The van der Waals surface area contributed by atoms with Gasteiger partial charge in [-0.1, -0.05) is 12.7 Å². The van der Waals surface area contributed by atoms with Crippen molar-refractivity contribution < 1.29 is 24.9 Å². The van der Waals surface area contributed by atoms with Crippen LogP contribution in [0.5, 0.6) is 0 Å². The summed E-state index contributed by atoms with van der Waals surface area (Å²) in [5, 5.41) is 24.8. The van der Waals surface area contributed by atoms with E-state index in [0.717, 1.165) is 0 Å². The first-order valence-electron chi connectivity index (χ1n) is 5.24. The van der Waals surface area contributed by atoms with Crippen LogP contribution in [0.4, 0.5) is 0 Å². The minimum atomic E-state index is -0.946. The highest BCUT2D eigenvalue weighted by Crippen LogP contribution is 2.03. The van der Waals surface area contributed by atoms with E-state index < -0.39 is 11.9 Å². The van der Waals surface area contributed by atoms with E-state index >= 15 is 0 Å². The maximum Gasteiger partial charge on any atom is 0.330 e. The number of hydrogen-bond acceptors (Lipinski definition) is 3. The van der Waals surface area contributed by atoms with Gasteiger partial charge < -0.3 is 15.3 Å². The topological polar surface area (TPSA) is 94.8 Å². The molecule has 0 saturated carbocycles. The number of rotatable bonds is 6. The molecule has 17 heavy (non-hydrogen) atoms. The fraction of sp³-hybridized carbons (Fsp3) is 0.500. The Kier molecular flexibility index (Phi) is 11.4. The second kappa shape index (κ2) is 10.9. The third kappa shape index (κ3) is 12.3. The highest BCUT2D eigenvalue weighted by atomic mass is 16.4. The Bertz CT molecular complexity index is 291. The molecule has 0 unspecified atom stereocenters. The van der Waals surface area contributed by atoms with Crippen molar-refractivity contribution in [3.63, 3.8) is 0 Å². The summed E-state index contributed by atoms with van der Waals surface area (Å²) in [5.41, 5.74) is 0.605. The molecule has 0 aliphatic carbocycles. The smallest absolute Gasteiger partial charge is 0.330 e. The second-order valence-corrected chi connectivity index (χ2v) is 3.37. The van der Waals surface area contributed by atoms with Crippen molar-refractivity contribution >= 4 is 11.9 Å². The van der Waals surface area contributed by atoms with Crippen LogP contribution in [0.25, 0.3) is 0 Å². The van der Waals surface area contributed by atoms with Crippen molar-refractivity contribution in [3.8, 4) is 0 Å². The molecule has 0 atom stereocenters. The molecular formula is C12H20O5. The van der Waals surface area contributed by atoms with Crippen LogP contribution < -0.4 is 0 Å².